The number of aromatic hydroxyl groups is 2. The van der Waals surface area contributed by atoms with Gasteiger partial charge in [-0.05, 0) is 30.3 Å². The Bertz CT molecular complexity index is 1040. The molecule has 0 spiro atoms. The number of benzene rings is 3. The van der Waals surface area contributed by atoms with Crippen molar-refractivity contribution in [3.8, 4) is 11.5 Å². The summed E-state index contributed by atoms with van der Waals surface area (Å²) in [7, 11) is 0. The van der Waals surface area contributed by atoms with Gasteiger partial charge < -0.3 is 10.2 Å². The highest BCUT2D eigenvalue weighted by molar-refractivity contribution is 5.89. The van der Waals surface area contributed by atoms with Crippen LogP contribution in [-0.4, -0.2) is 27.6 Å². The Morgan fingerprint density at radius 2 is 1.30 bits per heavy atom. The first kappa shape index (κ1) is 17.8. The van der Waals surface area contributed by atoms with E-state index in [1.54, 1.807) is 36.4 Å². The second-order valence-electron chi connectivity index (χ2n) is 5.56. The number of hydrogen-bond acceptors (Lipinski definition) is 6. The Morgan fingerprint density at radius 3 is 1.81 bits per heavy atom. The van der Waals surface area contributed by atoms with Gasteiger partial charge in [-0.1, -0.05) is 24.3 Å². The lowest BCUT2D eigenvalue weighted by molar-refractivity contribution is -0.384. The average Bonchev–Trinajstić information content (AvgIpc) is 2.67. The van der Waals surface area contributed by atoms with Crippen LogP contribution < -0.4 is 0 Å². The quantitative estimate of drug-likeness (QED) is 0.396. The predicted molar refractivity (Wildman–Crippen MR) is 104 cm³/mol. The van der Waals surface area contributed by atoms with Gasteiger partial charge in [0.05, 0.1) is 16.3 Å². The van der Waals surface area contributed by atoms with Crippen LogP contribution in [0, 0.1) is 10.1 Å². The van der Waals surface area contributed by atoms with Crippen molar-refractivity contribution in [3.63, 3.8) is 0 Å². The summed E-state index contributed by atoms with van der Waals surface area (Å²) >= 11 is 0. The van der Waals surface area contributed by atoms with Crippen molar-refractivity contribution >= 4 is 29.5 Å². The van der Waals surface area contributed by atoms with Gasteiger partial charge >= 0.3 is 0 Å². The Morgan fingerprint density at radius 1 is 0.778 bits per heavy atom. The first-order valence-corrected chi connectivity index (χ1v) is 7.97. The summed E-state index contributed by atoms with van der Waals surface area (Å²) in [5.41, 5.74) is 1.50. The van der Waals surface area contributed by atoms with Crippen LogP contribution in [0.1, 0.15) is 11.1 Å². The molecule has 0 aromatic heterocycles. The van der Waals surface area contributed by atoms with Crippen LogP contribution in [0.25, 0.3) is 0 Å². The van der Waals surface area contributed by atoms with E-state index in [2.05, 4.69) is 9.98 Å². The summed E-state index contributed by atoms with van der Waals surface area (Å²) in [6, 6.07) is 17.4. The van der Waals surface area contributed by atoms with Crippen molar-refractivity contribution in [3.05, 3.63) is 88.0 Å². The number of rotatable bonds is 5. The van der Waals surface area contributed by atoms with E-state index in [0.717, 1.165) is 0 Å². The number of nitro benzene ring substituents is 1. The van der Waals surface area contributed by atoms with Crippen molar-refractivity contribution in [1.82, 2.24) is 0 Å². The highest BCUT2D eigenvalue weighted by Gasteiger charge is 2.10. The number of phenolic OH excluding ortho intramolecular Hbond substituents is 2. The third-order valence-electron chi connectivity index (χ3n) is 3.73. The van der Waals surface area contributed by atoms with Gasteiger partial charge in [-0.25, -0.2) is 0 Å². The van der Waals surface area contributed by atoms with Gasteiger partial charge in [0.1, 0.15) is 11.5 Å². The van der Waals surface area contributed by atoms with Crippen molar-refractivity contribution in [1.29, 1.82) is 0 Å². The molecule has 0 aliphatic rings. The highest BCUT2D eigenvalue weighted by atomic mass is 16.6. The lowest BCUT2D eigenvalue weighted by atomic mass is 10.2. The number of phenols is 2. The minimum absolute atomic E-state index is 0.0472. The SMILES string of the molecule is O=[N+]([O-])c1ccc(/N=C/c2ccccc2O)c(/N=C/c2ccccc2O)c1. The van der Waals surface area contributed by atoms with Gasteiger partial charge in [0.2, 0.25) is 0 Å². The molecule has 3 rings (SSSR count). The molecule has 0 heterocycles. The van der Waals surface area contributed by atoms with E-state index in [1.165, 1.54) is 42.8 Å². The lowest BCUT2D eigenvalue weighted by Gasteiger charge is -2.02. The van der Waals surface area contributed by atoms with Gasteiger partial charge in [0.15, 0.2) is 0 Å². The topological polar surface area (TPSA) is 108 Å². The fraction of sp³-hybridized carbons (Fsp3) is 0. The number of hydrogen-bond donors (Lipinski definition) is 2. The average molecular weight is 361 g/mol. The van der Waals surface area contributed by atoms with Crippen LogP contribution in [0.3, 0.4) is 0 Å². The molecule has 0 fully saturated rings. The molecule has 0 saturated heterocycles. The monoisotopic (exact) mass is 361 g/mol. The zero-order chi connectivity index (χ0) is 19.2. The molecule has 0 bridgehead atoms. The van der Waals surface area contributed by atoms with Crippen LogP contribution in [0.4, 0.5) is 17.1 Å². The summed E-state index contributed by atoms with van der Waals surface area (Å²) in [5, 5.41) is 30.7. The minimum Gasteiger partial charge on any atom is -0.507 e. The molecular weight excluding hydrogens is 346 g/mol. The summed E-state index contributed by atoms with van der Waals surface area (Å²) in [6.45, 7) is 0. The smallest absolute Gasteiger partial charge is 0.271 e. The minimum atomic E-state index is -0.518. The van der Waals surface area contributed by atoms with E-state index in [1.807, 2.05) is 0 Å². The molecule has 0 unspecified atom stereocenters. The first-order valence-electron chi connectivity index (χ1n) is 7.97. The Kier molecular flexibility index (Phi) is 5.22. The Hall–Kier alpha value is -4.00. The van der Waals surface area contributed by atoms with E-state index >= 15 is 0 Å². The lowest BCUT2D eigenvalue weighted by Crippen LogP contribution is -1.88. The second kappa shape index (κ2) is 7.92. The second-order valence-corrected chi connectivity index (χ2v) is 5.56. The summed E-state index contributed by atoms with van der Waals surface area (Å²) < 4.78 is 0. The molecule has 0 amide bonds. The highest BCUT2D eigenvalue weighted by Crippen LogP contribution is 2.32. The molecule has 0 aliphatic carbocycles. The molecule has 7 nitrogen and oxygen atoms in total. The number of para-hydroxylation sites is 2. The fourth-order valence-corrected chi connectivity index (χ4v) is 2.31. The molecule has 27 heavy (non-hydrogen) atoms. The number of non-ortho nitro benzene ring substituents is 1. The van der Waals surface area contributed by atoms with E-state index in [0.29, 0.717) is 16.8 Å². The van der Waals surface area contributed by atoms with E-state index in [-0.39, 0.29) is 22.9 Å². The van der Waals surface area contributed by atoms with Crippen LogP contribution in [-0.2, 0) is 0 Å². The third-order valence-corrected chi connectivity index (χ3v) is 3.73. The maximum Gasteiger partial charge on any atom is 0.271 e. The maximum absolute atomic E-state index is 11.1. The van der Waals surface area contributed by atoms with Crippen molar-refractivity contribution in [2.75, 3.05) is 0 Å². The molecule has 134 valence electrons. The first-order chi connectivity index (χ1) is 13.0. The standard InChI is InChI=1S/C20H15N3O4/c24-19-7-3-1-5-14(19)12-21-17-10-9-16(23(26)27)11-18(17)22-13-15-6-2-4-8-20(15)25/h1-13,24-25H/b21-12+,22-13+. The number of aliphatic imine (C=N–C) groups is 2. The van der Waals surface area contributed by atoms with Gasteiger partial charge in [0.25, 0.3) is 5.69 Å². The summed E-state index contributed by atoms with van der Waals surface area (Å²) in [5.74, 6) is 0.119. The fourth-order valence-electron chi connectivity index (χ4n) is 2.31. The molecule has 0 radical (unpaired) electrons. The number of nitro groups is 1. The van der Waals surface area contributed by atoms with Gasteiger partial charge in [0, 0.05) is 35.7 Å². The molecule has 0 saturated carbocycles. The van der Waals surface area contributed by atoms with E-state index in [9.17, 15) is 20.3 Å². The van der Waals surface area contributed by atoms with Gasteiger partial charge in [-0.3, -0.25) is 20.1 Å². The van der Waals surface area contributed by atoms with Crippen molar-refractivity contribution < 1.29 is 15.1 Å². The number of nitrogens with zero attached hydrogens (tertiary/aromatic N) is 3. The van der Waals surface area contributed by atoms with Crippen molar-refractivity contribution in [2.45, 2.75) is 0 Å². The zero-order valence-electron chi connectivity index (χ0n) is 14.1. The maximum atomic E-state index is 11.1. The third kappa shape index (κ3) is 4.35. The van der Waals surface area contributed by atoms with Crippen LogP contribution in [0.2, 0.25) is 0 Å². The van der Waals surface area contributed by atoms with E-state index in [4.69, 9.17) is 0 Å². The summed E-state index contributed by atoms with van der Waals surface area (Å²) in [4.78, 5) is 19.1. The molecular formula is C20H15N3O4. The largest absolute Gasteiger partial charge is 0.507 e. The molecule has 3 aromatic carbocycles. The van der Waals surface area contributed by atoms with E-state index < -0.39 is 4.92 Å². The van der Waals surface area contributed by atoms with Crippen LogP contribution in [0.5, 0.6) is 11.5 Å². The normalized spacial score (nSPS) is 11.3. The molecule has 0 aliphatic heterocycles. The molecule has 0 atom stereocenters. The Labute approximate surface area is 154 Å². The molecule has 7 heteroatoms. The van der Waals surface area contributed by atoms with Gasteiger partial charge in [-0.2, -0.15) is 0 Å². The molecule has 2 N–H and O–H groups in total. The van der Waals surface area contributed by atoms with Crippen LogP contribution >= 0.6 is 0 Å². The molecule has 3 aromatic rings. The van der Waals surface area contributed by atoms with Gasteiger partial charge in [-0.15, -0.1) is 0 Å². The zero-order valence-corrected chi connectivity index (χ0v) is 14.1. The predicted octanol–water partition coefficient (Wildman–Crippen LogP) is 4.51. The van der Waals surface area contributed by atoms with Crippen molar-refractivity contribution in [2.24, 2.45) is 9.98 Å². The van der Waals surface area contributed by atoms with Crippen LogP contribution in [0.15, 0.2) is 76.7 Å². The Balaban J connectivity index is 2.00. The summed E-state index contributed by atoms with van der Waals surface area (Å²) in [6.07, 6.45) is 2.86.